The van der Waals surface area contributed by atoms with Crippen molar-refractivity contribution in [2.45, 2.75) is 37.9 Å². The van der Waals surface area contributed by atoms with Crippen LogP contribution in [0.4, 0.5) is 0 Å². The first-order valence-corrected chi connectivity index (χ1v) is 7.59. The second-order valence-electron chi connectivity index (χ2n) is 4.67. The lowest BCUT2D eigenvalue weighted by atomic mass is 10.0. The second kappa shape index (κ2) is 4.99. The first-order chi connectivity index (χ1) is 8.50. The summed E-state index contributed by atoms with van der Waals surface area (Å²) in [6, 6.07) is -0.332. The zero-order valence-corrected chi connectivity index (χ0v) is 11.5. The lowest BCUT2D eigenvalue weighted by Gasteiger charge is -2.23. The van der Waals surface area contributed by atoms with Crippen molar-refractivity contribution in [1.82, 2.24) is 13.9 Å². The fourth-order valence-electron chi connectivity index (χ4n) is 2.31. The number of aliphatic hydroxyl groups is 1. The molecule has 0 bridgehead atoms. The Hall–Kier alpha value is -0.920. The van der Waals surface area contributed by atoms with Gasteiger partial charge in [0.1, 0.15) is 0 Å². The van der Waals surface area contributed by atoms with Gasteiger partial charge in [0.05, 0.1) is 19.0 Å². The predicted octanol–water partition coefficient (Wildman–Crippen LogP) is 0.294. The Bertz CT molecular complexity index is 511. The van der Waals surface area contributed by atoms with Crippen molar-refractivity contribution in [3.8, 4) is 0 Å². The standard InChI is InChI=1S/C11H19N3O3S/c1-3-13-6-11(12-8-13)18(16,17)14-5-4-9(2)10(14)7-15/h6,8-10,15H,3-5,7H2,1-2H3. The summed E-state index contributed by atoms with van der Waals surface area (Å²) in [5, 5.41) is 9.40. The summed E-state index contributed by atoms with van der Waals surface area (Å²) in [6.45, 7) is 4.87. The van der Waals surface area contributed by atoms with Gasteiger partial charge in [-0.05, 0) is 19.3 Å². The maximum atomic E-state index is 12.4. The molecule has 1 saturated heterocycles. The van der Waals surface area contributed by atoms with E-state index >= 15 is 0 Å². The largest absolute Gasteiger partial charge is 0.395 e. The van der Waals surface area contributed by atoms with Gasteiger partial charge in [-0.15, -0.1) is 0 Å². The topological polar surface area (TPSA) is 75.4 Å². The molecule has 0 saturated carbocycles. The van der Waals surface area contributed by atoms with Gasteiger partial charge in [-0.1, -0.05) is 6.92 Å². The predicted molar refractivity (Wildman–Crippen MR) is 66.4 cm³/mol. The number of hydrogen-bond donors (Lipinski definition) is 1. The summed E-state index contributed by atoms with van der Waals surface area (Å²) in [5.74, 6) is 0.179. The third-order valence-corrected chi connectivity index (χ3v) is 5.38. The molecule has 7 heteroatoms. The third-order valence-electron chi connectivity index (χ3n) is 3.57. The van der Waals surface area contributed by atoms with Crippen molar-refractivity contribution in [3.63, 3.8) is 0 Å². The second-order valence-corrected chi connectivity index (χ2v) is 6.51. The van der Waals surface area contributed by atoms with E-state index in [4.69, 9.17) is 0 Å². The van der Waals surface area contributed by atoms with Gasteiger partial charge in [0, 0.05) is 19.3 Å². The highest BCUT2D eigenvalue weighted by Gasteiger charge is 2.40. The first-order valence-electron chi connectivity index (χ1n) is 6.15. The highest BCUT2D eigenvalue weighted by Crippen LogP contribution is 2.29. The Kier molecular flexibility index (Phi) is 3.74. The van der Waals surface area contributed by atoms with Crippen molar-refractivity contribution in [2.75, 3.05) is 13.2 Å². The van der Waals surface area contributed by atoms with Crippen LogP contribution in [-0.2, 0) is 16.6 Å². The fraction of sp³-hybridized carbons (Fsp3) is 0.727. The van der Waals surface area contributed by atoms with Crippen LogP contribution in [0, 0.1) is 5.92 Å². The van der Waals surface area contributed by atoms with E-state index < -0.39 is 10.0 Å². The van der Waals surface area contributed by atoms with Gasteiger partial charge in [-0.25, -0.2) is 13.4 Å². The number of aliphatic hydroxyl groups excluding tert-OH is 1. The monoisotopic (exact) mass is 273 g/mol. The lowest BCUT2D eigenvalue weighted by Crippen LogP contribution is -2.39. The van der Waals surface area contributed by atoms with Crippen LogP contribution >= 0.6 is 0 Å². The minimum absolute atomic E-state index is 0.0666. The highest BCUT2D eigenvalue weighted by atomic mass is 32.2. The first kappa shape index (κ1) is 13.5. The number of aryl methyl sites for hydroxylation is 1. The van der Waals surface area contributed by atoms with Crippen LogP contribution in [0.2, 0.25) is 0 Å². The molecule has 0 aliphatic carbocycles. The molecule has 0 amide bonds. The molecule has 6 nitrogen and oxygen atoms in total. The molecule has 1 fully saturated rings. The summed E-state index contributed by atoms with van der Waals surface area (Å²) < 4.78 is 27.9. The fourth-order valence-corrected chi connectivity index (χ4v) is 3.97. The summed E-state index contributed by atoms with van der Waals surface area (Å²) in [4.78, 5) is 3.95. The molecule has 2 unspecified atom stereocenters. The molecule has 2 rings (SSSR count). The SMILES string of the molecule is CCn1cnc(S(=O)(=O)N2CCC(C)C2CO)c1. The van der Waals surface area contributed by atoms with E-state index in [1.54, 1.807) is 4.57 Å². The van der Waals surface area contributed by atoms with Crippen molar-refractivity contribution < 1.29 is 13.5 Å². The molecule has 102 valence electrons. The molecule has 2 atom stereocenters. The van der Waals surface area contributed by atoms with Crippen LogP contribution in [0.25, 0.3) is 0 Å². The van der Waals surface area contributed by atoms with Gasteiger partial charge in [0.15, 0.2) is 5.03 Å². The van der Waals surface area contributed by atoms with Crippen LogP contribution < -0.4 is 0 Å². The van der Waals surface area contributed by atoms with E-state index in [0.717, 1.165) is 6.42 Å². The average molecular weight is 273 g/mol. The van der Waals surface area contributed by atoms with Crippen molar-refractivity contribution in [2.24, 2.45) is 5.92 Å². The zero-order valence-electron chi connectivity index (χ0n) is 10.7. The van der Waals surface area contributed by atoms with Crippen molar-refractivity contribution >= 4 is 10.0 Å². The summed E-state index contributed by atoms with van der Waals surface area (Å²) >= 11 is 0. The number of sulfonamides is 1. The smallest absolute Gasteiger partial charge is 0.262 e. The number of rotatable bonds is 4. The van der Waals surface area contributed by atoms with Gasteiger partial charge in [0.2, 0.25) is 0 Å². The summed E-state index contributed by atoms with van der Waals surface area (Å²) in [6.07, 6.45) is 3.83. The molecular formula is C11H19N3O3S. The summed E-state index contributed by atoms with van der Waals surface area (Å²) in [7, 11) is -3.58. The summed E-state index contributed by atoms with van der Waals surface area (Å²) in [5.41, 5.74) is 0. The maximum absolute atomic E-state index is 12.4. The zero-order chi connectivity index (χ0) is 13.3. The number of nitrogens with zero attached hydrogens (tertiary/aromatic N) is 3. The average Bonchev–Trinajstić information content (AvgIpc) is 2.95. The molecule has 1 aliphatic rings. The van der Waals surface area contributed by atoms with E-state index in [9.17, 15) is 13.5 Å². The molecular weight excluding hydrogens is 254 g/mol. The van der Waals surface area contributed by atoms with Crippen LogP contribution in [-0.4, -0.2) is 46.6 Å². The molecule has 0 aromatic carbocycles. The van der Waals surface area contributed by atoms with E-state index in [0.29, 0.717) is 13.1 Å². The Balaban J connectivity index is 2.31. The van der Waals surface area contributed by atoms with Gasteiger partial charge in [-0.2, -0.15) is 4.31 Å². The molecule has 0 radical (unpaired) electrons. The minimum atomic E-state index is -3.58. The van der Waals surface area contributed by atoms with Crippen LogP contribution in [0.1, 0.15) is 20.3 Å². The molecule has 1 aliphatic heterocycles. The normalized spacial score (nSPS) is 25.7. The van der Waals surface area contributed by atoms with E-state index in [1.807, 2.05) is 13.8 Å². The van der Waals surface area contributed by atoms with Crippen molar-refractivity contribution in [3.05, 3.63) is 12.5 Å². The molecule has 18 heavy (non-hydrogen) atoms. The lowest BCUT2D eigenvalue weighted by molar-refractivity contribution is 0.191. The Morgan fingerprint density at radius 1 is 1.56 bits per heavy atom. The van der Waals surface area contributed by atoms with E-state index in [2.05, 4.69) is 4.98 Å². The Labute approximate surface area is 107 Å². The van der Waals surface area contributed by atoms with Gasteiger partial charge in [-0.3, -0.25) is 0 Å². The molecule has 0 spiro atoms. The van der Waals surface area contributed by atoms with Gasteiger partial charge in [0.25, 0.3) is 10.0 Å². The van der Waals surface area contributed by atoms with Gasteiger partial charge >= 0.3 is 0 Å². The van der Waals surface area contributed by atoms with Crippen LogP contribution in [0.15, 0.2) is 17.6 Å². The minimum Gasteiger partial charge on any atom is -0.395 e. The molecule has 1 N–H and O–H groups in total. The number of hydrogen-bond acceptors (Lipinski definition) is 4. The highest BCUT2D eigenvalue weighted by molar-refractivity contribution is 7.89. The van der Waals surface area contributed by atoms with Crippen molar-refractivity contribution in [1.29, 1.82) is 0 Å². The Morgan fingerprint density at radius 2 is 2.28 bits per heavy atom. The van der Waals surface area contributed by atoms with E-state index in [1.165, 1.54) is 16.8 Å². The van der Waals surface area contributed by atoms with Gasteiger partial charge < -0.3 is 9.67 Å². The molecule has 1 aromatic heterocycles. The molecule has 2 heterocycles. The third kappa shape index (κ3) is 2.17. The van der Waals surface area contributed by atoms with E-state index in [-0.39, 0.29) is 23.6 Å². The number of imidazole rings is 1. The van der Waals surface area contributed by atoms with Crippen LogP contribution in [0.5, 0.6) is 0 Å². The van der Waals surface area contributed by atoms with Crippen LogP contribution in [0.3, 0.4) is 0 Å². The molecule has 1 aromatic rings. The number of aromatic nitrogens is 2. The maximum Gasteiger partial charge on any atom is 0.262 e. The Morgan fingerprint density at radius 3 is 2.83 bits per heavy atom. The quantitative estimate of drug-likeness (QED) is 0.856.